The highest BCUT2D eigenvalue weighted by Crippen LogP contribution is 2.35. The summed E-state index contributed by atoms with van der Waals surface area (Å²) in [5, 5.41) is 5.81. The number of hydrogen-bond acceptors (Lipinski definition) is 4. The third kappa shape index (κ3) is 3.34. The fourth-order valence-electron chi connectivity index (χ4n) is 1.51. The first-order valence-electron chi connectivity index (χ1n) is 5.32. The van der Waals surface area contributed by atoms with Crippen molar-refractivity contribution in [2.24, 2.45) is 5.14 Å². The fraction of sp³-hybridized carbons (Fsp3) is 0. The molecular weight excluding hydrogens is 323 g/mol. The van der Waals surface area contributed by atoms with Crippen LogP contribution in [0.1, 0.15) is 0 Å². The summed E-state index contributed by atoms with van der Waals surface area (Å²) >= 11 is 11.8. The van der Waals surface area contributed by atoms with E-state index < -0.39 is 10.0 Å². The summed E-state index contributed by atoms with van der Waals surface area (Å²) in [6.45, 7) is 0. The normalized spacial score (nSPS) is 11.3. The van der Waals surface area contributed by atoms with Crippen LogP contribution in [0.5, 0.6) is 11.5 Å². The number of sulfonamides is 1. The minimum absolute atomic E-state index is 0.0193. The Balaban J connectivity index is 2.52. The fourth-order valence-corrected chi connectivity index (χ4v) is 2.51. The van der Waals surface area contributed by atoms with Crippen LogP contribution in [-0.2, 0) is 10.0 Å². The standard InChI is InChI=1S/C12H10Cl2N2O3S/c13-7-1-3-9(14)11(5-7)19-10-4-2-8(15)6-12(10)20(16,17)18/h1-6H,15H2,(H2,16,17,18). The van der Waals surface area contributed by atoms with E-state index in [0.29, 0.717) is 5.02 Å². The zero-order chi connectivity index (χ0) is 14.9. The van der Waals surface area contributed by atoms with Crippen molar-refractivity contribution in [3.63, 3.8) is 0 Å². The summed E-state index contributed by atoms with van der Waals surface area (Å²) in [5.74, 6) is 0.236. The molecule has 0 fully saturated rings. The molecule has 0 heterocycles. The average molecular weight is 333 g/mol. The summed E-state index contributed by atoms with van der Waals surface area (Å²) in [6.07, 6.45) is 0. The van der Waals surface area contributed by atoms with Crippen LogP contribution in [0.25, 0.3) is 0 Å². The number of rotatable bonds is 3. The Kier molecular flexibility index (Phi) is 4.10. The van der Waals surface area contributed by atoms with E-state index in [1.165, 1.54) is 30.3 Å². The van der Waals surface area contributed by atoms with Crippen molar-refractivity contribution in [1.82, 2.24) is 0 Å². The van der Waals surface area contributed by atoms with Crippen LogP contribution in [0.3, 0.4) is 0 Å². The highest BCUT2D eigenvalue weighted by molar-refractivity contribution is 7.89. The number of halogens is 2. The predicted molar refractivity (Wildman–Crippen MR) is 78.8 cm³/mol. The van der Waals surface area contributed by atoms with Crippen molar-refractivity contribution in [3.05, 3.63) is 46.4 Å². The Morgan fingerprint density at radius 3 is 2.35 bits per heavy atom. The first kappa shape index (κ1) is 14.9. The minimum Gasteiger partial charge on any atom is -0.454 e. The second-order valence-corrected chi connectivity index (χ2v) is 6.30. The van der Waals surface area contributed by atoms with Gasteiger partial charge in [0.2, 0.25) is 10.0 Å². The van der Waals surface area contributed by atoms with E-state index in [4.69, 9.17) is 38.8 Å². The molecule has 8 heteroatoms. The number of ether oxygens (including phenoxy) is 1. The van der Waals surface area contributed by atoms with Crippen LogP contribution in [0.4, 0.5) is 5.69 Å². The van der Waals surface area contributed by atoms with Crippen LogP contribution in [-0.4, -0.2) is 8.42 Å². The SMILES string of the molecule is Nc1ccc(Oc2cc(Cl)ccc2Cl)c(S(N)(=O)=O)c1. The van der Waals surface area contributed by atoms with Crippen molar-refractivity contribution in [1.29, 1.82) is 0 Å². The van der Waals surface area contributed by atoms with Crippen molar-refractivity contribution in [2.75, 3.05) is 5.73 Å². The number of anilines is 1. The lowest BCUT2D eigenvalue weighted by Gasteiger charge is -2.12. The lowest BCUT2D eigenvalue weighted by atomic mass is 10.3. The van der Waals surface area contributed by atoms with E-state index in [2.05, 4.69) is 0 Å². The van der Waals surface area contributed by atoms with Gasteiger partial charge in [-0.15, -0.1) is 0 Å². The van der Waals surface area contributed by atoms with Gasteiger partial charge in [0.15, 0.2) is 0 Å². The quantitative estimate of drug-likeness (QED) is 0.844. The molecule has 2 aromatic rings. The monoisotopic (exact) mass is 332 g/mol. The molecule has 106 valence electrons. The third-order valence-corrected chi connectivity index (χ3v) is 3.87. The van der Waals surface area contributed by atoms with Crippen LogP contribution in [0, 0.1) is 0 Å². The molecule has 0 spiro atoms. The zero-order valence-corrected chi connectivity index (χ0v) is 12.3. The lowest BCUT2D eigenvalue weighted by molar-refractivity contribution is 0.468. The first-order chi connectivity index (χ1) is 9.27. The molecule has 20 heavy (non-hydrogen) atoms. The van der Waals surface area contributed by atoms with Gasteiger partial charge < -0.3 is 10.5 Å². The lowest BCUT2D eigenvalue weighted by Crippen LogP contribution is -2.13. The van der Waals surface area contributed by atoms with Gasteiger partial charge in [-0.2, -0.15) is 0 Å². The van der Waals surface area contributed by atoms with Gasteiger partial charge in [-0.3, -0.25) is 0 Å². The highest BCUT2D eigenvalue weighted by Gasteiger charge is 2.17. The Hall–Kier alpha value is -1.47. The molecule has 0 amide bonds. The van der Waals surface area contributed by atoms with Crippen LogP contribution < -0.4 is 15.6 Å². The molecule has 4 N–H and O–H groups in total. The first-order valence-corrected chi connectivity index (χ1v) is 7.63. The van der Waals surface area contributed by atoms with Gasteiger partial charge >= 0.3 is 0 Å². The van der Waals surface area contributed by atoms with E-state index in [0.717, 1.165) is 0 Å². The maximum absolute atomic E-state index is 11.5. The van der Waals surface area contributed by atoms with Crippen molar-refractivity contribution >= 4 is 38.9 Å². The molecule has 0 radical (unpaired) electrons. The second-order valence-electron chi connectivity index (χ2n) is 3.93. The largest absolute Gasteiger partial charge is 0.454 e. The van der Waals surface area contributed by atoms with Gasteiger partial charge in [-0.25, -0.2) is 13.6 Å². The second kappa shape index (κ2) is 5.49. The number of nitrogens with two attached hydrogens (primary N) is 2. The van der Waals surface area contributed by atoms with Crippen molar-refractivity contribution in [2.45, 2.75) is 4.90 Å². The molecule has 0 bridgehead atoms. The number of nitrogen functional groups attached to an aromatic ring is 1. The summed E-state index contributed by atoms with van der Waals surface area (Å²) in [6, 6.07) is 8.68. The Bertz CT molecular complexity index is 763. The molecule has 0 aliphatic heterocycles. The van der Waals surface area contributed by atoms with E-state index in [9.17, 15) is 8.42 Å². The maximum Gasteiger partial charge on any atom is 0.241 e. The van der Waals surface area contributed by atoms with Crippen LogP contribution >= 0.6 is 23.2 Å². The molecule has 0 aliphatic rings. The summed E-state index contributed by atoms with van der Waals surface area (Å²) in [5.41, 5.74) is 5.80. The van der Waals surface area contributed by atoms with E-state index in [1.54, 1.807) is 6.07 Å². The van der Waals surface area contributed by atoms with Crippen LogP contribution in [0.2, 0.25) is 10.0 Å². The maximum atomic E-state index is 11.5. The van der Waals surface area contributed by atoms with Crippen LogP contribution in [0.15, 0.2) is 41.3 Å². The van der Waals surface area contributed by atoms with E-state index >= 15 is 0 Å². The minimum atomic E-state index is -3.98. The summed E-state index contributed by atoms with van der Waals surface area (Å²) < 4.78 is 28.5. The molecule has 0 saturated heterocycles. The van der Waals surface area contributed by atoms with E-state index in [-0.39, 0.29) is 27.1 Å². The Labute approximate surface area is 126 Å². The zero-order valence-electron chi connectivity index (χ0n) is 10.0. The topological polar surface area (TPSA) is 95.4 Å². The molecule has 0 unspecified atom stereocenters. The Morgan fingerprint density at radius 2 is 1.70 bits per heavy atom. The molecule has 2 rings (SSSR count). The van der Waals surface area contributed by atoms with Crippen molar-refractivity contribution < 1.29 is 13.2 Å². The highest BCUT2D eigenvalue weighted by atomic mass is 35.5. The smallest absolute Gasteiger partial charge is 0.241 e. The van der Waals surface area contributed by atoms with Gasteiger partial charge in [0.1, 0.15) is 16.4 Å². The third-order valence-electron chi connectivity index (χ3n) is 2.39. The Morgan fingerprint density at radius 1 is 1.00 bits per heavy atom. The molecular formula is C12H10Cl2N2O3S. The molecule has 0 atom stereocenters. The number of hydrogen-bond donors (Lipinski definition) is 2. The molecule has 0 saturated carbocycles. The van der Waals surface area contributed by atoms with Gasteiger partial charge in [0, 0.05) is 16.8 Å². The summed E-state index contributed by atoms with van der Waals surface area (Å²) in [7, 11) is -3.98. The number of primary sulfonamides is 1. The molecule has 0 aliphatic carbocycles. The van der Waals surface area contributed by atoms with Crippen molar-refractivity contribution in [3.8, 4) is 11.5 Å². The van der Waals surface area contributed by atoms with Gasteiger partial charge in [0.25, 0.3) is 0 Å². The van der Waals surface area contributed by atoms with Gasteiger partial charge in [0.05, 0.1) is 5.02 Å². The number of benzene rings is 2. The predicted octanol–water partition coefficient (Wildman–Crippen LogP) is 3.02. The van der Waals surface area contributed by atoms with E-state index in [1.807, 2.05) is 0 Å². The average Bonchev–Trinajstić information content (AvgIpc) is 2.34. The molecule has 0 aromatic heterocycles. The molecule has 5 nitrogen and oxygen atoms in total. The van der Waals surface area contributed by atoms with Gasteiger partial charge in [-0.05, 0) is 30.3 Å². The molecule has 2 aromatic carbocycles. The van der Waals surface area contributed by atoms with Gasteiger partial charge in [-0.1, -0.05) is 23.2 Å². The summed E-state index contributed by atoms with van der Waals surface area (Å²) in [4.78, 5) is -0.228.